The Hall–Kier alpha value is -2.02. The van der Waals surface area contributed by atoms with Gasteiger partial charge in [-0.15, -0.1) is 46.7 Å². The Bertz CT molecular complexity index is 2020. The van der Waals surface area contributed by atoms with E-state index in [1.54, 1.807) is 0 Å². The molecular formula is C44H56IrNO2S3-. The van der Waals surface area contributed by atoms with Crippen LogP contribution in [0, 0.1) is 16.9 Å². The van der Waals surface area contributed by atoms with Crippen molar-refractivity contribution in [1.82, 2.24) is 4.98 Å². The van der Waals surface area contributed by atoms with E-state index in [1.807, 2.05) is 70.4 Å². The number of benzene rings is 2. The quantitative estimate of drug-likeness (QED) is 0.0861. The Morgan fingerprint density at radius 3 is 2.18 bits per heavy atom. The third-order valence-electron chi connectivity index (χ3n) is 11.6. The summed E-state index contributed by atoms with van der Waals surface area (Å²) >= 11 is 5.83. The molecule has 3 aromatic heterocycles. The number of fused-ring (bicyclic) bond motifs is 6. The van der Waals surface area contributed by atoms with Crippen molar-refractivity contribution in [3.05, 3.63) is 70.9 Å². The number of nitrogens with zero attached hydrogens (tertiary/aromatic N) is 1. The van der Waals surface area contributed by atoms with Crippen molar-refractivity contribution in [1.29, 1.82) is 0 Å². The number of allylic oxidation sites excluding steroid dienone is 2. The number of ketones is 1. The van der Waals surface area contributed by atoms with E-state index in [-0.39, 0.29) is 47.9 Å². The van der Waals surface area contributed by atoms with Gasteiger partial charge >= 0.3 is 0 Å². The zero-order valence-corrected chi connectivity index (χ0v) is 37.2. The van der Waals surface area contributed by atoms with E-state index in [0.717, 1.165) is 36.9 Å². The molecule has 0 bridgehead atoms. The average Bonchev–Trinajstić information content (AvgIpc) is 3.82. The summed E-state index contributed by atoms with van der Waals surface area (Å²) in [5.41, 5.74) is 4.57. The number of carbonyl (C=O) groups is 1. The van der Waals surface area contributed by atoms with Crippen molar-refractivity contribution in [2.45, 2.75) is 136 Å². The number of rotatable bonds is 10. The number of aliphatic hydroxyl groups excluding tert-OH is 1. The van der Waals surface area contributed by atoms with Gasteiger partial charge in [0.1, 0.15) is 5.76 Å². The van der Waals surface area contributed by atoms with Crippen molar-refractivity contribution in [2.24, 2.45) is 10.8 Å². The van der Waals surface area contributed by atoms with Gasteiger partial charge in [-0.1, -0.05) is 99.8 Å². The molecule has 4 heterocycles. The van der Waals surface area contributed by atoms with Crippen LogP contribution in [0.4, 0.5) is 0 Å². The number of hydrogen-bond acceptors (Lipinski definition) is 6. The Balaban J connectivity index is 0.000000279. The maximum absolute atomic E-state index is 12.2. The molecule has 1 radical (unpaired) electrons. The van der Waals surface area contributed by atoms with E-state index in [4.69, 9.17) is 4.98 Å². The van der Waals surface area contributed by atoms with Gasteiger partial charge in [0.15, 0.2) is 5.78 Å². The number of aromatic nitrogens is 1. The Morgan fingerprint density at radius 1 is 0.922 bits per heavy atom. The van der Waals surface area contributed by atoms with Gasteiger partial charge in [-0.05, 0) is 76.6 Å². The molecule has 0 fully saturated rings. The zero-order chi connectivity index (χ0) is 36.6. The molecule has 1 N–H and O–H groups in total. The molecule has 2 atom stereocenters. The molecule has 0 aliphatic carbocycles. The van der Waals surface area contributed by atoms with Crippen LogP contribution in [0.25, 0.3) is 41.5 Å². The maximum Gasteiger partial charge on any atom is 0.164 e. The number of thiophene rings is 2. The van der Waals surface area contributed by atoms with Crippen molar-refractivity contribution in [3.63, 3.8) is 0 Å². The number of pyridine rings is 1. The van der Waals surface area contributed by atoms with E-state index in [2.05, 4.69) is 88.2 Å². The van der Waals surface area contributed by atoms with Crippen LogP contribution in [-0.4, -0.2) is 21.1 Å². The van der Waals surface area contributed by atoms with Gasteiger partial charge in [0.25, 0.3) is 0 Å². The van der Waals surface area contributed by atoms with E-state index < -0.39 is 0 Å². The summed E-state index contributed by atoms with van der Waals surface area (Å²) in [7, 11) is 0. The average molecular weight is 919 g/mol. The topological polar surface area (TPSA) is 50.2 Å². The second kappa shape index (κ2) is 16.6. The van der Waals surface area contributed by atoms with E-state index in [9.17, 15) is 9.90 Å². The molecule has 1 aliphatic heterocycles. The van der Waals surface area contributed by atoms with Gasteiger partial charge in [-0.3, -0.25) is 9.78 Å². The first-order valence-corrected chi connectivity index (χ1v) is 21.1. The molecule has 0 amide bonds. The van der Waals surface area contributed by atoms with Gasteiger partial charge in [-0.25, -0.2) is 0 Å². The fraction of sp³-hybridized carbons (Fsp3) is 0.500. The van der Waals surface area contributed by atoms with Crippen molar-refractivity contribution < 1.29 is 30.0 Å². The number of hydrogen-bond donors (Lipinski definition) is 1. The fourth-order valence-corrected chi connectivity index (χ4v) is 10.9. The molecular weight excluding hydrogens is 863 g/mol. The van der Waals surface area contributed by atoms with Gasteiger partial charge < -0.3 is 5.11 Å². The minimum absolute atomic E-state index is 0. The Kier molecular flexibility index (Phi) is 13.5. The van der Waals surface area contributed by atoms with Gasteiger partial charge in [-0.2, -0.15) is 11.3 Å². The molecule has 51 heavy (non-hydrogen) atoms. The monoisotopic (exact) mass is 919 g/mol. The second-order valence-corrected chi connectivity index (χ2v) is 18.9. The minimum atomic E-state index is -0.337. The van der Waals surface area contributed by atoms with Gasteiger partial charge in [0.05, 0.1) is 0 Å². The van der Waals surface area contributed by atoms with Crippen LogP contribution in [-0.2, 0) is 30.3 Å². The maximum atomic E-state index is 12.2. The summed E-state index contributed by atoms with van der Waals surface area (Å²) in [6.07, 6.45) is 9.24. The molecule has 0 saturated heterocycles. The van der Waals surface area contributed by atoms with Crippen LogP contribution in [0.15, 0.2) is 58.6 Å². The van der Waals surface area contributed by atoms with Crippen LogP contribution in [0.2, 0.25) is 0 Å². The first kappa shape index (κ1) is 41.7. The molecule has 2 unspecified atom stereocenters. The summed E-state index contributed by atoms with van der Waals surface area (Å²) < 4.78 is 4.05. The normalized spacial score (nSPS) is 16.6. The van der Waals surface area contributed by atoms with Crippen LogP contribution >= 0.6 is 34.4 Å². The third-order valence-corrected chi connectivity index (χ3v) is 15.2. The Labute approximate surface area is 332 Å². The number of aliphatic hydroxyl groups is 1. The molecule has 1 aliphatic rings. The smallest absolute Gasteiger partial charge is 0.164 e. The van der Waals surface area contributed by atoms with Crippen molar-refractivity contribution in [2.75, 3.05) is 0 Å². The summed E-state index contributed by atoms with van der Waals surface area (Å²) in [6.45, 7) is 23.7. The first-order chi connectivity index (χ1) is 23.7. The summed E-state index contributed by atoms with van der Waals surface area (Å²) in [5, 5.41) is 16.9. The first-order valence-electron chi connectivity index (χ1n) is 18.6. The SMILES string of the molecule is CCC(C)(CC)C(=O)/C=C(\O)C(C)(CC)CC.CCCC1Sc2c(ccc3sc4ccnc(-c5[c-]c6ccsc6c(C(C)(C)C)c5)c4c23)C1C.[Ir]. The molecule has 0 saturated carbocycles. The summed E-state index contributed by atoms with van der Waals surface area (Å²) in [5.74, 6) is 0.888. The minimum Gasteiger partial charge on any atom is -0.512 e. The van der Waals surface area contributed by atoms with E-state index in [1.165, 1.54) is 65.2 Å². The standard InChI is InChI=1S/C29H28NS3.C15H28O2.Ir/c1-6-7-21-16(2)19-8-9-22-25(28(19)33-21)24-23(32-22)10-12-30-26(24)18-14-17-11-13-31-27(17)20(15-18)29(3,4)5;1-7-14(5,8-2)12(16)11-13(17)15(6,9-3)10-4;/h8-13,15-16,21H,6-7H2,1-5H3;11,16H,7-10H2,1-6H3;/q-1;;/b;12-11-;. The summed E-state index contributed by atoms with van der Waals surface area (Å²) in [4.78, 5) is 18.7. The fourth-order valence-electron chi connectivity index (χ4n) is 6.90. The van der Waals surface area contributed by atoms with Crippen LogP contribution in [0.3, 0.4) is 0 Å². The van der Waals surface area contributed by atoms with Crippen LogP contribution in [0.1, 0.15) is 132 Å². The molecule has 277 valence electrons. The molecule has 3 nitrogen and oxygen atoms in total. The summed E-state index contributed by atoms with van der Waals surface area (Å²) in [6, 6.07) is 15.2. The van der Waals surface area contributed by atoms with E-state index >= 15 is 0 Å². The molecule has 6 rings (SSSR count). The van der Waals surface area contributed by atoms with E-state index in [0.29, 0.717) is 11.2 Å². The molecule has 0 spiro atoms. The van der Waals surface area contributed by atoms with Crippen LogP contribution < -0.4 is 0 Å². The van der Waals surface area contributed by atoms with Crippen molar-refractivity contribution >= 4 is 70.5 Å². The van der Waals surface area contributed by atoms with Crippen LogP contribution in [0.5, 0.6) is 0 Å². The number of carbonyl (C=O) groups excluding carboxylic acids is 1. The molecule has 2 aromatic carbocycles. The Morgan fingerprint density at radius 2 is 1.57 bits per heavy atom. The van der Waals surface area contributed by atoms with Crippen molar-refractivity contribution in [3.8, 4) is 11.3 Å². The third kappa shape index (κ3) is 8.09. The largest absolute Gasteiger partial charge is 0.512 e. The predicted octanol–water partition coefficient (Wildman–Crippen LogP) is 14.5. The molecule has 7 heteroatoms. The predicted molar refractivity (Wildman–Crippen MR) is 222 cm³/mol. The number of thioether (sulfide) groups is 1. The molecule has 5 aromatic rings. The van der Waals surface area contributed by atoms with Gasteiger partial charge in [0, 0.05) is 73.8 Å². The second-order valence-electron chi connectivity index (χ2n) is 15.7. The van der Waals surface area contributed by atoms with Gasteiger partial charge in [0.2, 0.25) is 0 Å². The zero-order valence-electron chi connectivity index (χ0n) is 32.4.